The first-order chi connectivity index (χ1) is 9.19. The summed E-state index contributed by atoms with van der Waals surface area (Å²) in [5, 5.41) is 1.64. The van der Waals surface area contributed by atoms with Crippen molar-refractivity contribution in [1.82, 2.24) is 0 Å². The molecular formula is C17H33NSi. The summed E-state index contributed by atoms with van der Waals surface area (Å²) < 4.78 is 0. The van der Waals surface area contributed by atoms with E-state index in [0.717, 1.165) is 12.1 Å². The summed E-state index contributed by atoms with van der Waals surface area (Å²) in [7, 11) is -1.39. The van der Waals surface area contributed by atoms with Crippen LogP contribution in [-0.2, 0) is 0 Å². The Bertz CT molecular complexity index is 308. The maximum atomic E-state index is 5.08. The molecule has 0 bridgehead atoms. The average Bonchev–Trinajstić information content (AvgIpc) is 2.57. The summed E-state index contributed by atoms with van der Waals surface area (Å²) in [6.45, 7) is 10.6. The first-order valence-corrected chi connectivity index (χ1v) is 11.1. The molecule has 0 spiro atoms. The topological polar surface area (TPSA) is 12.4 Å². The highest BCUT2D eigenvalue weighted by Gasteiger charge is 2.37. The number of nitrogens with zero attached hydrogens (tertiary/aromatic N) is 1. The van der Waals surface area contributed by atoms with Crippen molar-refractivity contribution in [2.24, 2.45) is 4.99 Å². The van der Waals surface area contributed by atoms with Gasteiger partial charge in [-0.2, -0.15) is 0 Å². The number of rotatable bonds is 5. The van der Waals surface area contributed by atoms with E-state index < -0.39 is 8.07 Å². The monoisotopic (exact) mass is 279 g/mol. The van der Waals surface area contributed by atoms with E-state index in [1.165, 1.54) is 51.0 Å². The van der Waals surface area contributed by atoms with E-state index in [2.05, 4.69) is 39.5 Å². The molecule has 0 fully saturated rings. The van der Waals surface area contributed by atoms with Gasteiger partial charge in [-0.15, -0.1) is 0 Å². The van der Waals surface area contributed by atoms with Crippen molar-refractivity contribution < 1.29 is 0 Å². The van der Waals surface area contributed by atoms with Crippen LogP contribution in [0.2, 0.25) is 18.1 Å². The zero-order valence-electron chi connectivity index (χ0n) is 13.5. The van der Waals surface area contributed by atoms with Crippen molar-refractivity contribution in [2.45, 2.75) is 83.8 Å². The van der Waals surface area contributed by atoms with Crippen LogP contribution in [-0.4, -0.2) is 20.0 Å². The van der Waals surface area contributed by atoms with Gasteiger partial charge >= 0.3 is 0 Å². The molecule has 0 aromatic carbocycles. The molecule has 1 nitrogen and oxygen atoms in total. The summed E-state index contributed by atoms with van der Waals surface area (Å²) >= 11 is 0. The van der Waals surface area contributed by atoms with Crippen molar-refractivity contribution >= 4 is 13.4 Å². The Morgan fingerprint density at radius 3 is 2.47 bits per heavy atom. The minimum atomic E-state index is -1.39. The highest BCUT2D eigenvalue weighted by atomic mass is 28.3. The summed E-state index contributed by atoms with van der Waals surface area (Å²) in [4.78, 5) is 5.08. The maximum Gasteiger partial charge on any atom is 0.108 e. The molecule has 0 aliphatic carbocycles. The van der Waals surface area contributed by atoms with Crippen molar-refractivity contribution in [3.8, 4) is 0 Å². The second-order valence-electron chi connectivity index (χ2n) is 6.16. The molecule has 1 aliphatic heterocycles. The van der Waals surface area contributed by atoms with Gasteiger partial charge in [0, 0.05) is 6.54 Å². The highest BCUT2D eigenvalue weighted by molar-refractivity contribution is 7.07. The first-order valence-electron chi connectivity index (χ1n) is 8.35. The van der Waals surface area contributed by atoms with Gasteiger partial charge in [-0.25, -0.2) is 0 Å². The lowest BCUT2D eigenvalue weighted by Gasteiger charge is -2.34. The molecule has 0 aromatic rings. The lowest BCUT2D eigenvalue weighted by molar-refractivity contribution is 0.639. The zero-order chi connectivity index (χ0) is 14.1. The maximum absolute atomic E-state index is 5.08. The Hall–Kier alpha value is -0.373. The van der Waals surface area contributed by atoms with Gasteiger partial charge in [-0.3, -0.25) is 4.99 Å². The molecular weight excluding hydrogens is 246 g/mol. The summed E-state index contributed by atoms with van der Waals surface area (Å²) in [5.74, 6) is 0. The third-order valence-corrected chi connectivity index (χ3v) is 10.4. The second kappa shape index (κ2) is 8.73. The van der Waals surface area contributed by atoms with E-state index >= 15 is 0 Å². The van der Waals surface area contributed by atoms with Crippen LogP contribution in [0.3, 0.4) is 0 Å². The van der Waals surface area contributed by atoms with Crippen molar-refractivity contribution in [2.75, 3.05) is 6.54 Å². The van der Waals surface area contributed by atoms with Crippen LogP contribution in [0.1, 0.15) is 65.7 Å². The number of aliphatic imine (C=N–C) groups is 1. The third-order valence-electron chi connectivity index (χ3n) is 4.95. The molecule has 1 rings (SSSR count). The van der Waals surface area contributed by atoms with Crippen LogP contribution >= 0.6 is 0 Å². The summed E-state index contributed by atoms with van der Waals surface area (Å²) in [5.41, 5.74) is 0.780. The third kappa shape index (κ3) is 4.59. The van der Waals surface area contributed by atoms with Crippen molar-refractivity contribution in [3.63, 3.8) is 0 Å². The van der Waals surface area contributed by atoms with Gasteiger partial charge in [0.2, 0.25) is 0 Å². The van der Waals surface area contributed by atoms with Gasteiger partial charge in [0.1, 0.15) is 8.07 Å². The Balaban J connectivity index is 2.95. The Kier molecular flexibility index (Phi) is 7.66. The molecule has 0 N–H and O–H groups in total. The van der Waals surface area contributed by atoms with Gasteiger partial charge in [0.05, 0.1) is 0 Å². The van der Waals surface area contributed by atoms with E-state index in [9.17, 15) is 0 Å². The van der Waals surface area contributed by atoms with Crippen molar-refractivity contribution in [1.29, 1.82) is 0 Å². The van der Waals surface area contributed by atoms with E-state index in [0.29, 0.717) is 0 Å². The standard InChI is InChI=1S/C17H33NSi/c1-5-13-16(6-2)19(4,7-3)17-14-11-9-8-10-12-15-18-17/h5,13,16H,6-12,14-15H2,1-4H3/b13-5+,18-17?. The van der Waals surface area contributed by atoms with Gasteiger partial charge < -0.3 is 0 Å². The Morgan fingerprint density at radius 1 is 1.16 bits per heavy atom. The number of hydrogen-bond donors (Lipinski definition) is 0. The van der Waals surface area contributed by atoms with E-state index in [1.54, 1.807) is 5.33 Å². The lowest BCUT2D eigenvalue weighted by atomic mass is 10.1. The Labute approximate surface area is 121 Å². The molecule has 1 aliphatic rings. The molecule has 19 heavy (non-hydrogen) atoms. The Morgan fingerprint density at radius 2 is 1.84 bits per heavy atom. The van der Waals surface area contributed by atoms with Crippen LogP contribution in [0.15, 0.2) is 17.1 Å². The van der Waals surface area contributed by atoms with Crippen molar-refractivity contribution in [3.05, 3.63) is 12.2 Å². The van der Waals surface area contributed by atoms with Crippen LogP contribution in [0, 0.1) is 0 Å². The summed E-state index contributed by atoms with van der Waals surface area (Å²) in [6.07, 6.45) is 14.2. The molecule has 110 valence electrons. The SMILES string of the molecule is C/C=C/C(CC)[Si](C)(CC)C1=NCCCCCCC1. The molecule has 2 unspecified atom stereocenters. The van der Waals surface area contributed by atoms with Crippen LogP contribution in [0.4, 0.5) is 0 Å². The number of allylic oxidation sites excluding steroid dienone is 2. The van der Waals surface area contributed by atoms with E-state index in [1.807, 2.05) is 0 Å². The van der Waals surface area contributed by atoms with Gasteiger partial charge in [0.25, 0.3) is 0 Å². The van der Waals surface area contributed by atoms with E-state index in [4.69, 9.17) is 4.99 Å². The predicted octanol–water partition coefficient (Wildman–Crippen LogP) is 5.78. The quantitative estimate of drug-likeness (QED) is 0.447. The minimum Gasteiger partial charge on any atom is -0.299 e. The predicted molar refractivity (Wildman–Crippen MR) is 91.0 cm³/mol. The van der Waals surface area contributed by atoms with Gasteiger partial charge in [-0.1, -0.05) is 64.3 Å². The molecule has 1 heterocycles. The zero-order valence-corrected chi connectivity index (χ0v) is 14.5. The fourth-order valence-electron chi connectivity index (χ4n) is 3.41. The minimum absolute atomic E-state index is 0.780. The molecule has 0 radical (unpaired) electrons. The largest absolute Gasteiger partial charge is 0.299 e. The first kappa shape index (κ1) is 16.7. The van der Waals surface area contributed by atoms with Gasteiger partial charge in [0.15, 0.2) is 0 Å². The molecule has 2 heteroatoms. The normalized spacial score (nSPS) is 23.1. The fourth-order valence-corrected chi connectivity index (χ4v) is 7.51. The number of hydrogen-bond acceptors (Lipinski definition) is 1. The fraction of sp³-hybridized carbons (Fsp3) is 0.824. The molecule has 0 saturated heterocycles. The average molecular weight is 280 g/mol. The van der Waals surface area contributed by atoms with E-state index in [-0.39, 0.29) is 0 Å². The molecule has 2 atom stereocenters. The highest BCUT2D eigenvalue weighted by Crippen LogP contribution is 2.33. The lowest BCUT2D eigenvalue weighted by Crippen LogP contribution is -2.44. The summed E-state index contributed by atoms with van der Waals surface area (Å²) in [6, 6.07) is 1.34. The smallest absolute Gasteiger partial charge is 0.108 e. The van der Waals surface area contributed by atoms with Crippen LogP contribution < -0.4 is 0 Å². The molecule has 0 amide bonds. The molecule has 0 aromatic heterocycles. The van der Waals surface area contributed by atoms with Gasteiger partial charge in [-0.05, 0) is 37.1 Å². The van der Waals surface area contributed by atoms with Crippen LogP contribution in [0.5, 0.6) is 0 Å². The molecule has 0 saturated carbocycles. The second-order valence-corrected chi connectivity index (χ2v) is 11.0. The van der Waals surface area contributed by atoms with Crippen LogP contribution in [0.25, 0.3) is 0 Å².